The smallest absolute Gasteiger partial charge is 0.169 e. The van der Waals surface area contributed by atoms with E-state index < -0.39 is 0 Å². The summed E-state index contributed by atoms with van der Waals surface area (Å²) in [6.07, 6.45) is 3.81. The van der Waals surface area contributed by atoms with Gasteiger partial charge in [-0.1, -0.05) is 0 Å². The third-order valence-corrected chi connectivity index (χ3v) is 1.63. The maximum Gasteiger partial charge on any atom is 0.169 e. The van der Waals surface area contributed by atoms with Crippen LogP contribution in [0.1, 0.15) is 11.3 Å². The van der Waals surface area contributed by atoms with E-state index in [2.05, 4.69) is 11.6 Å². The van der Waals surface area contributed by atoms with Crippen LogP contribution < -0.4 is 5.32 Å². The molecule has 0 aromatic carbocycles. The molecule has 2 nitrogen and oxygen atoms in total. The van der Waals surface area contributed by atoms with E-state index in [9.17, 15) is 0 Å². The standard InChI is InChI=1S/C7H8NO/c1-3-8-5-7-6(1)2-4-9-7/h2,8H,1,3,5H2. The van der Waals surface area contributed by atoms with Crippen molar-refractivity contribution in [3.05, 3.63) is 23.7 Å². The minimum atomic E-state index is 0.874. The molecule has 2 rings (SSSR count). The van der Waals surface area contributed by atoms with Crippen molar-refractivity contribution in [3.8, 4) is 0 Å². The van der Waals surface area contributed by atoms with Crippen LogP contribution in [-0.2, 0) is 13.0 Å². The largest absolute Gasteiger partial charge is 0.456 e. The van der Waals surface area contributed by atoms with Gasteiger partial charge >= 0.3 is 0 Å². The lowest BCUT2D eigenvalue weighted by Gasteiger charge is -2.09. The van der Waals surface area contributed by atoms with E-state index in [1.54, 1.807) is 0 Å². The van der Waals surface area contributed by atoms with Crippen LogP contribution in [0.15, 0.2) is 10.5 Å². The van der Waals surface area contributed by atoms with Gasteiger partial charge in [-0.3, -0.25) is 0 Å². The highest BCUT2D eigenvalue weighted by molar-refractivity contribution is 5.18. The summed E-state index contributed by atoms with van der Waals surface area (Å²) in [6.45, 7) is 1.94. The number of nitrogens with one attached hydrogen (secondary N) is 1. The molecule has 0 saturated carbocycles. The summed E-state index contributed by atoms with van der Waals surface area (Å²) in [7, 11) is 0. The summed E-state index contributed by atoms with van der Waals surface area (Å²) < 4.78 is 5.07. The molecular weight excluding hydrogens is 114 g/mol. The lowest BCUT2D eigenvalue weighted by molar-refractivity contribution is 0.458. The Balaban J connectivity index is 2.39. The van der Waals surface area contributed by atoms with Crippen LogP contribution in [0.5, 0.6) is 0 Å². The van der Waals surface area contributed by atoms with Crippen LogP contribution in [0.4, 0.5) is 0 Å². The molecule has 0 amide bonds. The van der Waals surface area contributed by atoms with Gasteiger partial charge in [0.1, 0.15) is 5.76 Å². The van der Waals surface area contributed by atoms with Crippen molar-refractivity contribution in [1.29, 1.82) is 0 Å². The van der Waals surface area contributed by atoms with Gasteiger partial charge in [-0.25, -0.2) is 0 Å². The lowest BCUT2D eigenvalue weighted by atomic mass is 10.1. The molecule has 47 valence electrons. The minimum absolute atomic E-state index is 0.874. The zero-order valence-corrected chi connectivity index (χ0v) is 5.11. The van der Waals surface area contributed by atoms with Crippen LogP contribution >= 0.6 is 0 Å². The van der Waals surface area contributed by atoms with Crippen LogP contribution in [0.25, 0.3) is 0 Å². The Morgan fingerprint density at radius 1 is 1.67 bits per heavy atom. The van der Waals surface area contributed by atoms with Gasteiger partial charge in [-0.05, 0) is 24.6 Å². The van der Waals surface area contributed by atoms with Gasteiger partial charge in [-0.2, -0.15) is 0 Å². The fraction of sp³-hybridized carbons (Fsp3) is 0.429. The Morgan fingerprint density at radius 3 is 3.56 bits per heavy atom. The number of fused-ring (bicyclic) bond motifs is 1. The summed E-state index contributed by atoms with van der Waals surface area (Å²) in [5.74, 6) is 1.06. The number of hydrogen-bond acceptors (Lipinski definition) is 2. The monoisotopic (exact) mass is 122 g/mol. The van der Waals surface area contributed by atoms with E-state index in [1.807, 2.05) is 6.07 Å². The normalized spacial score (nSPS) is 17.3. The molecule has 1 aromatic rings. The minimum Gasteiger partial charge on any atom is -0.456 e. The van der Waals surface area contributed by atoms with Crippen LogP contribution in [0, 0.1) is 6.26 Å². The molecule has 2 heteroatoms. The Kier molecular flexibility index (Phi) is 1.06. The second kappa shape index (κ2) is 1.88. The Morgan fingerprint density at radius 2 is 2.67 bits per heavy atom. The molecule has 1 aromatic heterocycles. The summed E-state index contributed by atoms with van der Waals surface area (Å²) in [6, 6.07) is 1.93. The second-order valence-corrected chi connectivity index (χ2v) is 2.24. The van der Waals surface area contributed by atoms with Crippen molar-refractivity contribution in [3.63, 3.8) is 0 Å². The Labute approximate surface area is 53.9 Å². The summed E-state index contributed by atoms with van der Waals surface area (Å²) in [4.78, 5) is 0. The van der Waals surface area contributed by atoms with Crippen molar-refractivity contribution in [2.45, 2.75) is 13.0 Å². The molecule has 0 unspecified atom stereocenters. The molecule has 0 saturated heterocycles. The van der Waals surface area contributed by atoms with E-state index in [0.29, 0.717) is 0 Å². The van der Waals surface area contributed by atoms with Crippen molar-refractivity contribution < 1.29 is 4.42 Å². The van der Waals surface area contributed by atoms with Crippen molar-refractivity contribution in [2.24, 2.45) is 0 Å². The molecule has 1 N–H and O–H groups in total. The van der Waals surface area contributed by atoms with Gasteiger partial charge in [0.05, 0.1) is 6.54 Å². The van der Waals surface area contributed by atoms with Gasteiger partial charge < -0.3 is 9.73 Å². The van der Waals surface area contributed by atoms with E-state index in [1.165, 1.54) is 5.56 Å². The Hall–Kier alpha value is -0.760. The van der Waals surface area contributed by atoms with Gasteiger partial charge in [0, 0.05) is 0 Å². The first kappa shape index (κ1) is 5.06. The zero-order valence-electron chi connectivity index (χ0n) is 5.11. The van der Waals surface area contributed by atoms with Crippen LogP contribution in [0.3, 0.4) is 0 Å². The highest BCUT2D eigenvalue weighted by Crippen LogP contribution is 2.12. The van der Waals surface area contributed by atoms with E-state index in [4.69, 9.17) is 4.42 Å². The lowest BCUT2D eigenvalue weighted by Crippen LogP contribution is -2.22. The summed E-state index contributed by atoms with van der Waals surface area (Å²) in [5, 5.41) is 3.21. The van der Waals surface area contributed by atoms with E-state index in [-0.39, 0.29) is 0 Å². The first-order valence-electron chi connectivity index (χ1n) is 3.15. The van der Waals surface area contributed by atoms with Crippen LogP contribution in [-0.4, -0.2) is 6.54 Å². The highest BCUT2D eigenvalue weighted by atomic mass is 16.3. The van der Waals surface area contributed by atoms with E-state index >= 15 is 0 Å². The predicted molar refractivity (Wildman–Crippen MR) is 33.0 cm³/mol. The topological polar surface area (TPSA) is 25.2 Å². The molecule has 0 bridgehead atoms. The second-order valence-electron chi connectivity index (χ2n) is 2.24. The zero-order chi connectivity index (χ0) is 6.10. The number of furan rings is 1. The summed E-state index contributed by atoms with van der Waals surface area (Å²) >= 11 is 0. The van der Waals surface area contributed by atoms with E-state index in [0.717, 1.165) is 25.3 Å². The van der Waals surface area contributed by atoms with Crippen molar-refractivity contribution >= 4 is 0 Å². The first-order valence-corrected chi connectivity index (χ1v) is 3.15. The van der Waals surface area contributed by atoms with Gasteiger partial charge in [0.15, 0.2) is 6.26 Å². The Bertz CT molecular complexity index is 184. The average molecular weight is 122 g/mol. The molecule has 1 aliphatic heterocycles. The molecule has 2 heterocycles. The van der Waals surface area contributed by atoms with Gasteiger partial charge in [0.2, 0.25) is 0 Å². The molecular formula is C7H8NO. The molecule has 1 aliphatic rings. The quantitative estimate of drug-likeness (QED) is 0.548. The maximum absolute atomic E-state index is 5.07. The maximum atomic E-state index is 5.07. The fourth-order valence-corrected chi connectivity index (χ4v) is 1.10. The average Bonchev–Trinajstić information content (AvgIpc) is 2.33. The first-order chi connectivity index (χ1) is 4.47. The van der Waals surface area contributed by atoms with Crippen LogP contribution in [0.2, 0.25) is 0 Å². The summed E-state index contributed by atoms with van der Waals surface area (Å²) in [5.41, 5.74) is 1.31. The number of hydrogen-bond donors (Lipinski definition) is 1. The molecule has 9 heavy (non-hydrogen) atoms. The fourth-order valence-electron chi connectivity index (χ4n) is 1.10. The van der Waals surface area contributed by atoms with Gasteiger partial charge in [-0.15, -0.1) is 0 Å². The molecule has 0 aliphatic carbocycles. The predicted octanol–water partition coefficient (Wildman–Crippen LogP) is 0.725. The molecule has 0 fully saturated rings. The van der Waals surface area contributed by atoms with Gasteiger partial charge in [0.25, 0.3) is 0 Å². The molecule has 0 atom stereocenters. The third-order valence-electron chi connectivity index (χ3n) is 1.63. The van der Waals surface area contributed by atoms with Crippen molar-refractivity contribution in [1.82, 2.24) is 5.32 Å². The SMILES string of the molecule is [c]1cc2c(o1)CNCC2. The molecule has 1 radical (unpaired) electrons. The highest BCUT2D eigenvalue weighted by Gasteiger charge is 2.09. The number of rotatable bonds is 0. The third kappa shape index (κ3) is 0.754. The van der Waals surface area contributed by atoms with Crippen molar-refractivity contribution in [2.75, 3.05) is 6.54 Å². The molecule has 0 spiro atoms.